The fourth-order valence-corrected chi connectivity index (χ4v) is 3.71. The van der Waals surface area contributed by atoms with Crippen molar-refractivity contribution in [2.75, 3.05) is 37.6 Å². The van der Waals surface area contributed by atoms with E-state index in [1.165, 1.54) is 12.1 Å². The lowest BCUT2D eigenvalue weighted by atomic mass is 9.84. The first kappa shape index (κ1) is 15.3. The smallest absolute Gasteiger partial charge is 0.230 e. The van der Waals surface area contributed by atoms with Crippen LogP contribution in [-0.4, -0.2) is 43.5 Å². The number of hydrogen-bond acceptors (Lipinski definition) is 3. The van der Waals surface area contributed by atoms with Gasteiger partial charge in [0.05, 0.1) is 5.41 Å². The van der Waals surface area contributed by atoms with Crippen LogP contribution in [0.5, 0.6) is 0 Å². The topological polar surface area (TPSA) is 49.6 Å². The Balaban J connectivity index is 1.61. The summed E-state index contributed by atoms with van der Waals surface area (Å²) in [5, 5.41) is 0. The van der Waals surface area contributed by atoms with Gasteiger partial charge < -0.3 is 15.5 Å². The van der Waals surface area contributed by atoms with E-state index in [1.807, 2.05) is 4.90 Å². The summed E-state index contributed by atoms with van der Waals surface area (Å²) in [5.74, 6) is 0.0231. The molecule has 1 aromatic carbocycles. The molecular weight excluding hydrogens is 281 g/mol. The van der Waals surface area contributed by atoms with E-state index < -0.39 is 0 Å². The van der Waals surface area contributed by atoms with Gasteiger partial charge in [-0.15, -0.1) is 0 Å². The van der Waals surface area contributed by atoms with E-state index in [9.17, 15) is 9.18 Å². The molecule has 0 spiro atoms. The molecule has 3 rings (SSSR count). The van der Waals surface area contributed by atoms with E-state index in [0.29, 0.717) is 6.54 Å². The van der Waals surface area contributed by atoms with Crippen molar-refractivity contribution in [1.29, 1.82) is 0 Å². The molecule has 0 radical (unpaired) electrons. The third-order valence-electron chi connectivity index (χ3n) is 5.16. The van der Waals surface area contributed by atoms with Gasteiger partial charge in [0.1, 0.15) is 5.82 Å². The minimum Gasteiger partial charge on any atom is -0.368 e. The number of benzene rings is 1. The lowest BCUT2D eigenvalue weighted by Crippen LogP contribution is -2.54. The molecule has 1 aliphatic heterocycles. The molecule has 0 bridgehead atoms. The van der Waals surface area contributed by atoms with E-state index >= 15 is 0 Å². The zero-order valence-corrected chi connectivity index (χ0v) is 12.9. The van der Waals surface area contributed by atoms with Crippen molar-refractivity contribution in [3.63, 3.8) is 0 Å². The third-order valence-corrected chi connectivity index (χ3v) is 5.16. The molecule has 1 saturated carbocycles. The number of nitrogens with two attached hydrogens (primary N) is 1. The number of carbonyl (C=O) groups is 1. The average Bonchev–Trinajstić information content (AvgIpc) is 3.05. The molecule has 2 aliphatic rings. The molecular formula is C17H24FN3O. The van der Waals surface area contributed by atoms with Crippen LogP contribution in [0.15, 0.2) is 24.3 Å². The lowest BCUT2D eigenvalue weighted by molar-refractivity contribution is -0.141. The van der Waals surface area contributed by atoms with Gasteiger partial charge in [0.25, 0.3) is 0 Å². The van der Waals surface area contributed by atoms with Crippen molar-refractivity contribution in [3.05, 3.63) is 30.1 Å². The van der Waals surface area contributed by atoms with E-state index in [0.717, 1.165) is 57.5 Å². The fourth-order valence-electron chi connectivity index (χ4n) is 3.71. The monoisotopic (exact) mass is 305 g/mol. The van der Waals surface area contributed by atoms with Crippen LogP contribution in [-0.2, 0) is 4.79 Å². The van der Waals surface area contributed by atoms with Crippen LogP contribution in [0.4, 0.5) is 10.1 Å². The predicted octanol–water partition coefficient (Wildman–Crippen LogP) is 1.99. The molecule has 22 heavy (non-hydrogen) atoms. The number of carbonyl (C=O) groups excluding carboxylic acids is 1. The maximum Gasteiger partial charge on any atom is 0.230 e. The number of rotatable bonds is 3. The summed E-state index contributed by atoms with van der Waals surface area (Å²) >= 11 is 0. The van der Waals surface area contributed by atoms with Crippen LogP contribution >= 0.6 is 0 Å². The Morgan fingerprint density at radius 3 is 2.23 bits per heavy atom. The van der Waals surface area contributed by atoms with E-state index in [4.69, 9.17) is 5.73 Å². The molecule has 1 amide bonds. The summed E-state index contributed by atoms with van der Waals surface area (Å²) in [6.07, 6.45) is 4.08. The first-order valence-corrected chi connectivity index (χ1v) is 8.15. The summed E-state index contributed by atoms with van der Waals surface area (Å²) in [6, 6.07) is 6.56. The molecule has 2 N–H and O–H groups in total. The Morgan fingerprint density at radius 2 is 1.68 bits per heavy atom. The normalized spacial score (nSPS) is 21.2. The van der Waals surface area contributed by atoms with Crippen molar-refractivity contribution in [2.45, 2.75) is 25.7 Å². The second kappa shape index (κ2) is 6.24. The Labute approximate surface area is 131 Å². The fraction of sp³-hybridized carbons (Fsp3) is 0.588. The minimum atomic E-state index is -0.307. The van der Waals surface area contributed by atoms with Crippen molar-refractivity contribution in [2.24, 2.45) is 11.1 Å². The molecule has 4 nitrogen and oxygen atoms in total. The van der Waals surface area contributed by atoms with Gasteiger partial charge in [-0.3, -0.25) is 4.79 Å². The molecule has 1 saturated heterocycles. The highest BCUT2D eigenvalue weighted by molar-refractivity contribution is 5.83. The number of hydrogen-bond donors (Lipinski definition) is 1. The molecule has 1 heterocycles. The van der Waals surface area contributed by atoms with Crippen LogP contribution < -0.4 is 10.6 Å². The highest BCUT2D eigenvalue weighted by Gasteiger charge is 2.42. The first-order chi connectivity index (χ1) is 10.6. The summed E-state index contributed by atoms with van der Waals surface area (Å²) in [7, 11) is 0. The van der Waals surface area contributed by atoms with Gasteiger partial charge in [-0.2, -0.15) is 0 Å². The summed E-state index contributed by atoms with van der Waals surface area (Å²) < 4.78 is 13.0. The van der Waals surface area contributed by atoms with Gasteiger partial charge in [0, 0.05) is 38.4 Å². The van der Waals surface area contributed by atoms with E-state index in [1.54, 1.807) is 12.1 Å². The van der Waals surface area contributed by atoms with E-state index in [2.05, 4.69) is 4.90 Å². The number of anilines is 1. The van der Waals surface area contributed by atoms with Crippen molar-refractivity contribution in [3.8, 4) is 0 Å². The molecule has 120 valence electrons. The highest BCUT2D eigenvalue weighted by Crippen LogP contribution is 2.39. The zero-order valence-electron chi connectivity index (χ0n) is 12.9. The molecule has 1 aliphatic carbocycles. The molecule has 2 fully saturated rings. The molecule has 0 atom stereocenters. The molecule has 0 unspecified atom stereocenters. The Hall–Kier alpha value is -1.62. The quantitative estimate of drug-likeness (QED) is 0.929. The van der Waals surface area contributed by atoms with Gasteiger partial charge >= 0.3 is 0 Å². The van der Waals surface area contributed by atoms with Crippen LogP contribution in [0.1, 0.15) is 25.7 Å². The Bertz CT molecular complexity index is 517. The number of halogens is 1. The predicted molar refractivity (Wildman–Crippen MR) is 85.1 cm³/mol. The molecule has 0 aromatic heterocycles. The lowest BCUT2D eigenvalue weighted by Gasteiger charge is -2.40. The SMILES string of the molecule is NCC1(C(=O)N2CCN(c3ccc(F)cc3)CC2)CCCC1. The summed E-state index contributed by atoms with van der Waals surface area (Å²) in [4.78, 5) is 17.0. The van der Waals surface area contributed by atoms with Gasteiger partial charge in [-0.05, 0) is 37.1 Å². The van der Waals surface area contributed by atoms with Gasteiger partial charge in [0.15, 0.2) is 0 Å². The Morgan fingerprint density at radius 1 is 1.09 bits per heavy atom. The molecule has 1 aromatic rings. The van der Waals surface area contributed by atoms with Crippen molar-refractivity contribution in [1.82, 2.24) is 4.90 Å². The highest BCUT2D eigenvalue weighted by atomic mass is 19.1. The van der Waals surface area contributed by atoms with Gasteiger partial charge in [-0.25, -0.2) is 4.39 Å². The Kier molecular flexibility index (Phi) is 4.34. The largest absolute Gasteiger partial charge is 0.368 e. The van der Waals surface area contributed by atoms with E-state index in [-0.39, 0.29) is 17.1 Å². The summed E-state index contributed by atoms with van der Waals surface area (Å²) in [6.45, 7) is 3.48. The maximum atomic E-state index is 13.0. The van der Waals surface area contributed by atoms with Crippen LogP contribution in [0.3, 0.4) is 0 Å². The summed E-state index contributed by atoms with van der Waals surface area (Å²) in [5.41, 5.74) is 6.62. The molecule has 5 heteroatoms. The van der Waals surface area contributed by atoms with Crippen molar-refractivity contribution < 1.29 is 9.18 Å². The number of nitrogens with zero attached hydrogens (tertiary/aromatic N) is 2. The van der Waals surface area contributed by atoms with Crippen LogP contribution in [0.2, 0.25) is 0 Å². The zero-order chi connectivity index (χ0) is 15.6. The van der Waals surface area contributed by atoms with Crippen LogP contribution in [0.25, 0.3) is 0 Å². The third kappa shape index (κ3) is 2.82. The number of piperazine rings is 1. The van der Waals surface area contributed by atoms with Crippen molar-refractivity contribution >= 4 is 11.6 Å². The van der Waals surface area contributed by atoms with Gasteiger partial charge in [0.2, 0.25) is 5.91 Å². The second-order valence-electron chi connectivity index (χ2n) is 6.45. The standard InChI is InChI=1S/C17H24FN3O/c18-14-3-5-15(6-4-14)20-9-11-21(12-10-20)16(22)17(13-19)7-1-2-8-17/h3-6H,1-2,7-13,19H2. The number of amides is 1. The first-order valence-electron chi connectivity index (χ1n) is 8.15. The second-order valence-corrected chi connectivity index (χ2v) is 6.45. The maximum absolute atomic E-state index is 13.0. The minimum absolute atomic E-state index is 0.219. The van der Waals surface area contributed by atoms with Crippen LogP contribution in [0, 0.1) is 11.2 Å². The van der Waals surface area contributed by atoms with Gasteiger partial charge in [-0.1, -0.05) is 12.8 Å². The average molecular weight is 305 g/mol.